The maximum atomic E-state index is 13.0. The molecule has 0 aliphatic rings. The Hall–Kier alpha value is -0.320. The molecule has 0 fully saturated rings. The molecule has 0 heterocycles. The number of halogens is 2. The molecule has 0 saturated heterocycles. The monoisotopic (exact) mass is 308 g/mol. The minimum Gasteiger partial charge on any atom is -0.480 e. The summed E-state index contributed by atoms with van der Waals surface area (Å²) in [6.45, 7) is 6.06. The van der Waals surface area contributed by atoms with Crippen LogP contribution in [-0.2, 0) is 0 Å². The molecule has 3 heteroatoms. The highest BCUT2D eigenvalue weighted by Crippen LogP contribution is 2.28. The van der Waals surface area contributed by atoms with E-state index in [-0.39, 0.29) is 9.93 Å². The van der Waals surface area contributed by atoms with Crippen LogP contribution < -0.4 is 4.74 Å². The first-order valence-electron chi connectivity index (χ1n) is 4.61. The van der Waals surface area contributed by atoms with E-state index in [4.69, 9.17) is 4.74 Å². The Morgan fingerprint density at radius 1 is 1.29 bits per heavy atom. The summed E-state index contributed by atoms with van der Waals surface area (Å²) in [7, 11) is 0. The fourth-order valence-corrected chi connectivity index (χ4v) is 1.54. The van der Waals surface area contributed by atoms with Gasteiger partial charge >= 0.3 is 0 Å². The van der Waals surface area contributed by atoms with E-state index in [0.717, 1.165) is 5.56 Å². The Kier molecular flexibility index (Phi) is 4.16. The van der Waals surface area contributed by atoms with Crippen molar-refractivity contribution in [1.82, 2.24) is 0 Å². The van der Waals surface area contributed by atoms with Gasteiger partial charge in [-0.15, -0.1) is 0 Å². The molecule has 0 N–H and O–H groups in total. The lowest BCUT2D eigenvalue weighted by atomic mass is 10.0. The summed E-state index contributed by atoms with van der Waals surface area (Å²) in [5.74, 6) is 0.754. The van der Waals surface area contributed by atoms with Gasteiger partial charge in [-0.2, -0.15) is 0 Å². The van der Waals surface area contributed by atoms with E-state index in [1.165, 1.54) is 12.1 Å². The van der Waals surface area contributed by atoms with Crippen LogP contribution in [0.2, 0.25) is 0 Å². The van der Waals surface area contributed by atoms with Crippen molar-refractivity contribution in [3.8, 4) is 5.75 Å². The van der Waals surface area contributed by atoms with Gasteiger partial charge in [0.25, 0.3) is 0 Å². The molecular weight excluding hydrogens is 294 g/mol. The second kappa shape index (κ2) is 4.96. The molecule has 78 valence electrons. The van der Waals surface area contributed by atoms with Crippen molar-refractivity contribution in [2.24, 2.45) is 0 Å². The quantitative estimate of drug-likeness (QED) is 0.603. The van der Waals surface area contributed by atoms with Crippen molar-refractivity contribution < 1.29 is 9.13 Å². The standard InChI is InChI=1S/C11H14FIO/c1-7(2)10-5-4-9(12)6-11(10)14-8(3)13/h4-8H,1-3H3. The third kappa shape index (κ3) is 3.12. The van der Waals surface area contributed by atoms with E-state index < -0.39 is 0 Å². The van der Waals surface area contributed by atoms with Crippen molar-refractivity contribution in [3.63, 3.8) is 0 Å². The van der Waals surface area contributed by atoms with Crippen LogP contribution in [0.1, 0.15) is 32.3 Å². The highest BCUT2D eigenvalue weighted by Gasteiger charge is 2.10. The maximum Gasteiger partial charge on any atom is 0.146 e. The van der Waals surface area contributed by atoms with E-state index >= 15 is 0 Å². The van der Waals surface area contributed by atoms with Gasteiger partial charge in [-0.1, -0.05) is 19.9 Å². The molecule has 1 atom stereocenters. The Bertz CT molecular complexity index is 310. The zero-order valence-corrected chi connectivity index (χ0v) is 10.7. The second-order valence-electron chi connectivity index (χ2n) is 3.50. The largest absolute Gasteiger partial charge is 0.480 e. The van der Waals surface area contributed by atoms with Gasteiger partial charge in [0.2, 0.25) is 0 Å². The van der Waals surface area contributed by atoms with Gasteiger partial charge in [-0.3, -0.25) is 0 Å². The zero-order valence-electron chi connectivity index (χ0n) is 8.55. The first kappa shape index (κ1) is 11.8. The van der Waals surface area contributed by atoms with Crippen molar-refractivity contribution in [2.45, 2.75) is 30.8 Å². The second-order valence-corrected chi connectivity index (χ2v) is 5.25. The molecule has 1 unspecified atom stereocenters. The lowest BCUT2D eigenvalue weighted by Crippen LogP contribution is -2.05. The minimum absolute atomic E-state index is 0.0481. The van der Waals surface area contributed by atoms with Crippen molar-refractivity contribution in [3.05, 3.63) is 29.6 Å². The van der Waals surface area contributed by atoms with Gasteiger partial charge in [0.05, 0.1) is 0 Å². The fraction of sp³-hybridized carbons (Fsp3) is 0.455. The number of alkyl halides is 1. The van der Waals surface area contributed by atoms with Crippen LogP contribution in [-0.4, -0.2) is 4.11 Å². The van der Waals surface area contributed by atoms with Crippen molar-refractivity contribution in [1.29, 1.82) is 0 Å². The summed E-state index contributed by atoms with van der Waals surface area (Å²) in [6, 6.07) is 4.71. The van der Waals surface area contributed by atoms with Gasteiger partial charge in [0, 0.05) is 6.07 Å². The van der Waals surface area contributed by atoms with Gasteiger partial charge in [-0.05, 0) is 47.1 Å². The average molecular weight is 308 g/mol. The molecule has 1 nitrogen and oxygen atoms in total. The van der Waals surface area contributed by atoms with Crippen LogP contribution in [0.25, 0.3) is 0 Å². The van der Waals surface area contributed by atoms with E-state index in [1.54, 1.807) is 6.07 Å². The molecule has 14 heavy (non-hydrogen) atoms. The number of benzene rings is 1. The lowest BCUT2D eigenvalue weighted by molar-refractivity contribution is 0.316. The molecule has 0 aliphatic heterocycles. The molecule has 1 rings (SSSR count). The molecule has 0 bridgehead atoms. The Labute approximate surface area is 97.8 Å². The first-order valence-corrected chi connectivity index (χ1v) is 5.85. The van der Waals surface area contributed by atoms with Gasteiger partial charge < -0.3 is 4.74 Å². The van der Waals surface area contributed by atoms with E-state index in [0.29, 0.717) is 11.7 Å². The number of rotatable bonds is 3. The molecule has 0 saturated carbocycles. The highest BCUT2D eigenvalue weighted by atomic mass is 127. The van der Waals surface area contributed by atoms with E-state index in [2.05, 4.69) is 36.4 Å². The predicted molar refractivity (Wildman–Crippen MR) is 64.6 cm³/mol. The summed E-state index contributed by atoms with van der Waals surface area (Å²) < 4.78 is 18.6. The number of hydrogen-bond acceptors (Lipinski definition) is 1. The number of ether oxygens (including phenoxy) is 1. The molecule has 0 amide bonds. The third-order valence-corrected chi connectivity index (χ3v) is 2.14. The van der Waals surface area contributed by atoms with Crippen LogP contribution >= 0.6 is 22.6 Å². The fourth-order valence-electron chi connectivity index (χ4n) is 1.26. The summed E-state index contributed by atoms with van der Waals surface area (Å²) >= 11 is 2.15. The first-order chi connectivity index (χ1) is 6.50. The summed E-state index contributed by atoms with van der Waals surface area (Å²) in [4.78, 5) is 0. The van der Waals surface area contributed by atoms with Crippen molar-refractivity contribution in [2.75, 3.05) is 0 Å². The van der Waals surface area contributed by atoms with Crippen LogP contribution in [0.15, 0.2) is 18.2 Å². The Morgan fingerprint density at radius 3 is 2.43 bits per heavy atom. The Morgan fingerprint density at radius 2 is 1.93 bits per heavy atom. The SMILES string of the molecule is CC(I)Oc1cc(F)ccc1C(C)C. The predicted octanol–water partition coefficient (Wildman–Crippen LogP) is 4.11. The average Bonchev–Trinajstić information content (AvgIpc) is 2.01. The highest BCUT2D eigenvalue weighted by molar-refractivity contribution is 14.1. The normalized spacial score (nSPS) is 13.0. The van der Waals surface area contributed by atoms with Gasteiger partial charge in [0.15, 0.2) is 0 Å². The lowest BCUT2D eigenvalue weighted by Gasteiger charge is -2.15. The summed E-state index contributed by atoms with van der Waals surface area (Å²) in [6.07, 6.45) is 0. The molecule has 1 aromatic carbocycles. The van der Waals surface area contributed by atoms with E-state index in [1.807, 2.05) is 6.92 Å². The molecular formula is C11H14FIO. The molecule has 0 radical (unpaired) electrons. The van der Waals surface area contributed by atoms with Crippen LogP contribution in [0.3, 0.4) is 0 Å². The van der Waals surface area contributed by atoms with Crippen LogP contribution in [0.5, 0.6) is 5.75 Å². The van der Waals surface area contributed by atoms with E-state index in [9.17, 15) is 4.39 Å². The third-order valence-electron chi connectivity index (χ3n) is 1.89. The zero-order chi connectivity index (χ0) is 10.7. The van der Waals surface area contributed by atoms with Crippen LogP contribution in [0.4, 0.5) is 4.39 Å². The Balaban J connectivity index is 3.03. The van der Waals surface area contributed by atoms with Crippen LogP contribution in [0, 0.1) is 5.82 Å². The van der Waals surface area contributed by atoms with Gasteiger partial charge in [0.1, 0.15) is 15.7 Å². The molecule has 0 aliphatic carbocycles. The van der Waals surface area contributed by atoms with Crippen molar-refractivity contribution >= 4 is 22.6 Å². The topological polar surface area (TPSA) is 9.23 Å². The summed E-state index contributed by atoms with van der Waals surface area (Å²) in [5, 5.41) is 0. The molecule has 0 aromatic heterocycles. The molecule has 1 aromatic rings. The summed E-state index contributed by atoms with van der Waals surface area (Å²) in [5.41, 5.74) is 1.05. The molecule has 0 spiro atoms. The smallest absolute Gasteiger partial charge is 0.146 e. The maximum absolute atomic E-state index is 13.0. The number of hydrogen-bond donors (Lipinski definition) is 0. The minimum atomic E-state index is -0.249. The van der Waals surface area contributed by atoms with Gasteiger partial charge in [-0.25, -0.2) is 4.39 Å².